The van der Waals surface area contributed by atoms with Crippen molar-refractivity contribution in [2.24, 2.45) is 0 Å². The van der Waals surface area contributed by atoms with Crippen LogP contribution in [-0.2, 0) is 0 Å². The highest BCUT2D eigenvalue weighted by atomic mass is 16.5. The number of aromatic nitrogens is 7. The molecule has 5 heterocycles. The molecule has 31 heavy (non-hydrogen) atoms. The number of fused-ring (bicyclic) bond motifs is 1. The first-order chi connectivity index (χ1) is 15.1. The Morgan fingerprint density at radius 3 is 2.74 bits per heavy atom. The van der Waals surface area contributed by atoms with E-state index in [1.165, 1.54) is 6.33 Å². The number of hydrogen-bond donors (Lipinski definition) is 0. The van der Waals surface area contributed by atoms with Crippen molar-refractivity contribution >= 4 is 17.0 Å². The lowest BCUT2D eigenvalue weighted by Crippen LogP contribution is -2.35. The van der Waals surface area contributed by atoms with Crippen molar-refractivity contribution in [3.8, 4) is 11.6 Å². The fourth-order valence-corrected chi connectivity index (χ4v) is 3.76. The van der Waals surface area contributed by atoms with Gasteiger partial charge in [-0.1, -0.05) is 19.0 Å². The van der Waals surface area contributed by atoms with E-state index in [0.29, 0.717) is 17.6 Å². The summed E-state index contributed by atoms with van der Waals surface area (Å²) >= 11 is 0. The van der Waals surface area contributed by atoms with Gasteiger partial charge in [0.2, 0.25) is 5.88 Å². The van der Waals surface area contributed by atoms with Gasteiger partial charge in [0.15, 0.2) is 17.2 Å². The normalized spacial score (nSPS) is 15.2. The van der Waals surface area contributed by atoms with Crippen LogP contribution in [0.5, 0.6) is 11.6 Å². The average molecular weight is 420 g/mol. The van der Waals surface area contributed by atoms with E-state index in [1.54, 1.807) is 12.4 Å². The van der Waals surface area contributed by atoms with Crippen molar-refractivity contribution in [2.75, 3.05) is 18.0 Å². The van der Waals surface area contributed by atoms with E-state index < -0.39 is 0 Å². The molecular weight excluding hydrogens is 396 g/mol. The van der Waals surface area contributed by atoms with Crippen LogP contribution in [0.15, 0.2) is 35.4 Å². The van der Waals surface area contributed by atoms with Crippen LogP contribution in [0.3, 0.4) is 0 Å². The van der Waals surface area contributed by atoms with Crippen LogP contribution in [0.4, 0.5) is 6.01 Å². The molecule has 10 nitrogen and oxygen atoms in total. The minimum Gasteiger partial charge on any atom is -0.436 e. The third kappa shape index (κ3) is 3.69. The largest absolute Gasteiger partial charge is 0.436 e. The topological polar surface area (TPSA) is 108 Å². The maximum absolute atomic E-state index is 6.02. The van der Waals surface area contributed by atoms with Gasteiger partial charge >= 0.3 is 6.01 Å². The molecule has 0 unspecified atom stereocenters. The second kappa shape index (κ2) is 7.93. The molecule has 10 heteroatoms. The molecule has 4 aromatic heterocycles. The van der Waals surface area contributed by atoms with Crippen molar-refractivity contribution in [1.29, 1.82) is 0 Å². The van der Waals surface area contributed by atoms with E-state index in [-0.39, 0.29) is 12.0 Å². The summed E-state index contributed by atoms with van der Waals surface area (Å²) < 4.78 is 13.4. The molecule has 5 rings (SSSR count). The molecule has 1 aliphatic rings. The molecule has 160 valence electrons. The van der Waals surface area contributed by atoms with E-state index in [9.17, 15) is 0 Å². The fourth-order valence-electron chi connectivity index (χ4n) is 3.76. The van der Waals surface area contributed by atoms with Crippen molar-refractivity contribution < 1.29 is 9.26 Å². The van der Waals surface area contributed by atoms with E-state index >= 15 is 0 Å². The molecule has 0 amide bonds. The number of piperidine rings is 1. The summed E-state index contributed by atoms with van der Waals surface area (Å²) in [6, 6.07) is 4.53. The zero-order valence-corrected chi connectivity index (χ0v) is 17.8. The van der Waals surface area contributed by atoms with Crippen LogP contribution in [0.25, 0.3) is 11.0 Å². The van der Waals surface area contributed by atoms with Crippen molar-refractivity contribution in [2.45, 2.75) is 45.6 Å². The lowest BCUT2D eigenvalue weighted by molar-refractivity contribution is 0.346. The quantitative estimate of drug-likeness (QED) is 0.478. The van der Waals surface area contributed by atoms with E-state index in [0.717, 1.165) is 48.5 Å². The Morgan fingerprint density at radius 2 is 2.00 bits per heavy atom. The van der Waals surface area contributed by atoms with Crippen LogP contribution in [0, 0.1) is 6.92 Å². The zero-order valence-electron chi connectivity index (χ0n) is 17.8. The molecule has 0 atom stereocenters. The third-order valence-electron chi connectivity index (χ3n) is 5.55. The number of hydrogen-bond acceptors (Lipinski definition) is 9. The maximum Gasteiger partial charge on any atom is 0.324 e. The number of rotatable bonds is 5. The molecule has 0 aromatic carbocycles. The van der Waals surface area contributed by atoms with Gasteiger partial charge in [-0.25, -0.2) is 14.6 Å². The lowest BCUT2D eigenvalue weighted by atomic mass is 10.1. The molecule has 0 N–H and O–H groups in total. The van der Waals surface area contributed by atoms with Gasteiger partial charge in [0.25, 0.3) is 0 Å². The number of aryl methyl sites for hydroxylation is 1. The molecule has 4 aromatic rings. The summed E-state index contributed by atoms with van der Waals surface area (Å²) in [7, 11) is 0. The second-order valence-electron chi connectivity index (χ2n) is 8.00. The van der Waals surface area contributed by atoms with Crippen LogP contribution in [0.2, 0.25) is 0 Å². The molecule has 0 aliphatic carbocycles. The van der Waals surface area contributed by atoms with Gasteiger partial charge < -0.3 is 14.2 Å². The highest BCUT2D eigenvalue weighted by molar-refractivity contribution is 5.80. The highest BCUT2D eigenvalue weighted by Crippen LogP contribution is 2.32. The lowest BCUT2D eigenvalue weighted by Gasteiger charge is -2.30. The number of ether oxygens (including phenoxy) is 1. The fraction of sp³-hybridized carbons (Fsp3) is 0.429. The van der Waals surface area contributed by atoms with E-state index in [1.807, 2.05) is 23.7 Å². The van der Waals surface area contributed by atoms with E-state index in [4.69, 9.17) is 9.26 Å². The summed E-state index contributed by atoms with van der Waals surface area (Å²) in [4.78, 5) is 19.7. The van der Waals surface area contributed by atoms with Gasteiger partial charge in [0, 0.05) is 25.2 Å². The van der Waals surface area contributed by atoms with Crippen molar-refractivity contribution in [1.82, 2.24) is 34.9 Å². The van der Waals surface area contributed by atoms with Gasteiger partial charge in [0.1, 0.15) is 11.7 Å². The monoisotopic (exact) mass is 420 g/mol. The molecular formula is C21H24N8O2. The molecule has 1 fully saturated rings. The molecule has 0 saturated carbocycles. The van der Waals surface area contributed by atoms with E-state index in [2.05, 4.69) is 48.9 Å². The molecule has 0 radical (unpaired) electrons. The molecule has 1 saturated heterocycles. The number of nitrogens with zero attached hydrogens (tertiary/aromatic N) is 8. The smallest absolute Gasteiger partial charge is 0.324 e. The summed E-state index contributed by atoms with van der Waals surface area (Å²) in [5.74, 6) is 2.14. The van der Waals surface area contributed by atoms with Crippen LogP contribution >= 0.6 is 0 Å². The van der Waals surface area contributed by atoms with Gasteiger partial charge in [0.05, 0.1) is 17.9 Å². The molecule has 1 aliphatic heterocycles. The Balaban J connectivity index is 1.34. The van der Waals surface area contributed by atoms with Gasteiger partial charge in [-0.2, -0.15) is 10.1 Å². The van der Waals surface area contributed by atoms with Gasteiger partial charge in [-0.05, 0) is 31.9 Å². The SMILES string of the molecule is Cc1ncccc1Oc1ncnc2c1cnn2C1CCN(c2nc(C(C)C)no2)CC1. The average Bonchev–Trinajstić information content (AvgIpc) is 3.44. The van der Waals surface area contributed by atoms with Crippen molar-refractivity contribution in [3.63, 3.8) is 0 Å². The first-order valence-electron chi connectivity index (χ1n) is 10.5. The minimum atomic E-state index is 0.226. The Kier molecular flexibility index (Phi) is 4.97. The summed E-state index contributed by atoms with van der Waals surface area (Å²) in [6.07, 6.45) is 6.83. The standard InChI is InChI=1S/C21H24N8O2/c1-13(2)18-26-21(31-27-18)28-9-6-15(7-10-28)29-19-16(11-25-29)20(24-12-23-19)30-17-5-4-8-22-14(17)3/h4-5,8,11-13,15H,6-7,9-10H2,1-3H3. The summed E-state index contributed by atoms with van der Waals surface area (Å²) in [5, 5.41) is 9.47. The van der Waals surface area contributed by atoms with Crippen molar-refractivity contribution in [3.05, 3.63) is 42.4 Å². The Bertz CT molecular complexity index is 1190. The predicted molar refractivity (Wildman–Crippen MR) is 113 cm³/mol. The Morgan fingerprint density at radius 1 is 1.16 bits per heavy atom. The highest BCUT2D eigenvalue weighted by Gasteiger charge is 2.27. The zero-order chi connectivity index (χ0) is 21.4. The van der Waals surface area contributed by atoms with Crippen LogP contribution in [0.1, 0.15) is 50.2 Å². The Hall–Kier alpha value is -3.56. The Labute approximate surface area is 179 Å². The van der Waals surface area contributed by atoms with Crippen LogP contribution < -0.4 is 9.64 Å². The first kappa shape index (κ1) is 19.4. The van der Waals surface area contributed by atoms with Gasteiger partial charge in [-0.15, -0.1) is 0 Å². The summed E-state index contributed by atoms with van der Waals surface area (Å²) in [5.41, 5.74) is 1.57. The molecule has 0 bridgehead atoms. The number of pyridine rings is 1. The minimum absolute atomic E-state index is 0.226. The predicted octanol–water partition coefficient (Wildman–Crippen LogP) is 3.67. The van der Waals surface area contributed by atoms with Crippen LogP contribution in [-0.4, -0.2) is 48.0 Å². The third-order valence-corrected chi connectivity index (χ3v) is 5.55. The first-order valence-corrected chi connectivity index (χ1v) is 10.5. The maximum atomic E-state index is 6.02. The van der Waals surface area contributed by atoms with Gasteiger partial charge in [-0.3, -0.25) is 4.98 Å². The number of anilines is 1. The molecule has 0 spiro atoms. The summed E-state index contributed by atoms with van der Waals surface area (Å²) in [6.45, 7) is 7.64. The second-order valence-corrected chi connectivity index (χ2v) is 8.00.